The highest BCUT2D eigenvalue weighted by atomic mass is 35.5. The second-order valence-electron chi connectivity index (χ2n) is 3.88. The van der Waals surface area contributed by atoms with Gasteiger partial charge in [0, 0.05) is 14.1 Å². The van der Waals surface area contributed by atoms with Gasteiger partial charge in [-0.2, -0.15) is 0 Å². The standard InChI is InChI=1S/C10H11ClN4S2/c1-14-4-12-5-6(14)7-9(13-8(5)11)17-10(16-3)15(7)2/h4,10H,1-3H3. The van der Waals surface area contributed by atoms with E-state index >= 15 is 0 Å². The molecule has 2 aromatic heterocycles. The van der Waals surface area contributed by atoms with E-state index in [1.54, 1.807) is 29.9 Å². The van der Waals surface area contributed by atoms with Gasteiger partial charge in [0.25, 0.3) is 0 Å². The van der Waals surface area contributed by atoms with Gasteiger partial charge in [-0.3, -0.25) is 0 Å². The van der Waals surface area contributed by atoms with Crippen LogP contribution in [0.4, 0.5) is 5.69 Å². The Morgan fingerprint density at radius 3 is 2.94 bits per heavy atom. The number of rotatable bonds is 1. The zero-order valence-electron chi connectivity index (χ0n) is 9.64. The number of imidazole rings is 1. The van der Waals surface area contributed by atoms with Crippen molar-refractivity contribution in [2.75, 3.05) is 18.2 Å². The molecule has 0 aliphatic carbocycles. The van der Waals surface area contributed by atoms with Crippen LogP contribution in [-0.4, -0.2) is 32.5 Å². The third-order valence-electron chi connectivity index (χ3n) is 2.84. The second-order valence-corrected chi connectivity index (χ2v) is 6.52. The third-order valence-corrected chi connectivity index (χ3v) is 5.72. The summed E-state index contributed by atoms with van der Waals surface area (Å²) in [5, 5.41) is 1.48. The fraction of sp³-hybridized carbons (Fsp3) is 0.400. The molecule has 0 N–H and O–H groups in total. The number of aryl methyl sites for hydroxylation is 1. The summed E-state index contributed by atoms with van der Waals surface area (Å²) >= 11 is 9.70. The molecule has 3 rings (SSSR count). The lowest BCUT2D eigenvalue weighted by Crippen LogP contribution is -2.21. The van der Waals surface area contributed by atoms with Crippen LogP contribution in [0.25, 0.3) is 11.0 Å². The number of anilines is 1. The van der Waals surface area contributed by atoms with Crippen LogP contribution in [0, 0.1) is 0 Å². The normalized spacial score (nSPS) is 19.1. The average molecular weight is 287 g/mol. The Kier molecular flexibility index (Phi) is 2.68. The minimum Gasteiger partial charge on any atom is -0.350 e. The summed E-state index contributed by atoms with van der Waals surface area (Å²) in [5.41, 5.74) is 2.97. The Morgan fingerprint density at radius 1 is 1.47 bits per heavy atom. The van der Waals surface area contributed by atoms with Crippen LogP contribution in [0.3, 0.4) is 0 Å². The van der Waals surface area contributed by atoms with Gasteiger partial charge in [0.05, 0.1) is 17.5 Å². The van der Waals surface area contributed by atoms with Crippen molar-refractivity contribution in [2.24, 2.45) is 7.05 Å². The molecule has 7 heteroatoms. The summed E-state index contributed by atoms with van der Waals surface area (Å²) in [4.78, 5) is 11.0. The molecule has 17 heavy (non-hydrogen) atoms. The maximum atomic E-state index is 6.17. The van der Waals surface area contributed by atoms with Crippen LogP contribution in [0.15, 0.2) is 11.4 Å². The SMILES string of the molecule is CSC1Sc2nc(Cl)c3ncn(C)c3c2N1C. The van der Waals surface area contributed by atoms with Gasteiger partial charge in [0.15, 0.2) is 5.15 Å². The third kappa shape index (κ3) is 1.54. The number of aromatic nitrogens is 3. The minimum atomic E-state index is 0.356. The molecule has 0 saturated heterocycles. The molecule has 0 spiro atoms. The first-order valence-corrected chi connectivity index (χ1v) is 7.61. The smallest absolute Gasteiger partial charge is 0.158 e. The Bertz CT molecular complexity index is 597. The zero-order valence-corrected chi connectivity index (χ0v) is 12.0. The van der Waals surface area contributed by atoms with Crippen molar-refractivity contribution >= 4 is 51.8 Å². The molecule has 1 atom stereocenters. The van der Waals surface area contributed by atoms with Gasteiger partial charge in [-0.05, 0) is 6.26 Å². The Labute approximate surface area is 113 Å². The Morgan fingerprint density at radius 2 is 2.24 bits per heavy atom. The van der Waals surface area contributed by atoms with Crippen molar-refractivity contribution in [1.29, 1.82) is 0 Å². The Balaban J connectivity index is 2.33. The summed E-state index contributed by atoms with van der Waals surface area (Å²) < 4.78 is 2.36. The molecule has 1 unspecified atom stereocenters. The van der Waals surface area contributed by atoms with Crippen LogP contribution < -0.4 is 4.90 Å². The highest BCUT2D eigenvalue weighted by molar-refractivity contribution is 8.17. The largest absolute Gasteiger partial charge is 0.350 e. The summed E-state index contributed by atoms with van der Waals surface area (Å²) in [7, 11) is 4.07. The predicted octanol–water partition coefficient (Wildman–Crippen LogP) is 2.81. The number of fused-ring (bicyclic) bond motifs is 3. The molecule has 1 aliphatic rings. The van der Waals surface area contributed by atoms with E-state index < -0.39 is 0 Å². The predicted molar refractivity (Wildman–Crippen MR) is 75.1 cm³/mol. The first kappa shape index (κ1) is 11.5. The van der Waals surface area contributed by atoms with E-state index in [-0.39, 0.29) is 0 Å². The van der Waals surface area contributed by atoms with E-state index in [4.69, 9.17) is 11.6 Å². The lowest BCUT2D eigenvalue weighted by Gasteiger charge is -2.19. The maximum Gasteiger partial charge on any atom is 0.158 e. The zero-order chi connectivity index (χ0) is 12.2. The molecule has 0 radical (unpaired) electrons. The van der Waals surface area contributed by atoms with Gasteiger partial charge in [0.1, 0.15) is 15.2 Å². The number of hydrogen-bond acceptors (Lipinski definition) is 5. The molecule has 0 aromatic carbocycles. The first-order valence-electron chi connectivity index (χ1n) is 5.06. The number of nitrogens with zero attached hydrogens (tertiary/aromatic N) is 4. The second kappa shape index (κ2) is 3.96. The summed E-state index contributed by atoms with van der Waals surface area (Å²) in [5.74, 6) is 0. The van der Waals surface area contributed by atoms with Gasteiger partial charge in [-0.1, -0.05) is 23.4 Å². The van der Waals surface area contributed by atoms with Crippen molar-refractivity contribution in [3.05, 3.63) is 11.5 Å². The monoisotopic (exact) mass is 286 g/mol. The van der Waals surface area contributed by atoms with Crippen LogP contribution >= 0.6 is 35.1 Å². The van der Waals surface area contributed by atoms with Gasteiger partial charge in [-0.25, -0.2) is 9.97 Å². The van der Waals surface area contributed by atoms with Crippen molar-refractivity contribution in [3.8, 4) is 0 Å². The van der Waals surface area contributed by atoms with Gasteiger partial charge < -0.3 is 9.47 Å². The van der Waals surface area contributed by atoms with Crippen molar-refractivity contribution < 1.29 is 0 Å². The molecule has 0 saturated carbocycles. The average Bonchev–Trinajstić information content (AvgIpc) is 2.81. The number of hydrogen-bond donors (Lipinski definition) is 0. The van der Waals surface area contributed by atoms with E-state index in [9.17, 15) is 0 Å². The topological polar surface area (TPSA) is 34.0 Å². The fourth-order valence-corrected chi connectivity index (χ4v) is 4.35. The van der Waals surface area contributed by atoms with Crippen molar-refractivity contribution in [2.45, 2.75) is 9.73 Å². The molecule has 0 amide bonds. The first-order chi connectivity index (χ1) is 8.13. The quantitative estimate of drug-likeness (QED) is 0.753. The number of halogens is 1. The van der Waals surface area contributed by atoms with Crippen LogP contribution in [0.1, 0.15) is 0 Å². The Hall–Kier alpha value is -0.590. The van der Waals surface area contributed by atoms with E-state index in [1.165, 1.54) is 0 Å². The molecule has 90 valence electrons. The summed E-state index contributed by atoms with van der Waals surface area (Å²) in [6.07, 6.45) is 3.88. The van der Waals surface area contributed by atoms with Crippen molar-refractivity contribution in [3.63, 3.8) is 0 Å². The van der Waals surface area contributed by atoms with Crippen molar-refractivity contribution in [1.82, 2.24) is 14.5 Å². The summed E-state index contributed by atoms with van der Waals surface area (Å²) in [6, 6.07) is 0. The molecular formula is C10H11ClN4S2. The maximum absolute atomic E-state index is 6.17. The van der Waals surface area contributed by atoms with E-state index in [0.717, 1.165) is 21.7 Å². The van der Waals surface area contributed by atoms with E-state index in [2.05, 4.69) is 28.2 Å². The number of thioether (sulfide) groups is 2. The molecule has 3 heterocycles. The van der Waals surface area contributed by atoms with Crippen LogP contribution in [0.5, 0.6) is 0 Å². The molecule has 0 bridgehead atoms. The van der Waals surface area contributed by atoms with Gasteiger partial charge in [0.2, 0.25) is 0 Å². The molecular weight excluding hydrogens is 276 g/mol. The highest BCUT2D eigenvalue weighted by Crippen LogP contribution is 2.48. The van der Waals surface area contributed by atoms with Gasteiger partial charge >= 0.3 is 0 Å². The molecule has 1 aliphatic heterocycles. The number of pyridine rings is 1. The summed E-state index contributed by atoms with van der Waals surface area (Å²) in [6.45, 7) is 0. The molecule has 4 nitrogen and oxygen atoms in total. The molecule has 2 aromatic rings. The van der Waals surface area contributed by atoms with Crippen LogP contribution in [-0.2, 0) is 7.05 Å². The minimum absolute atomic E-state index is 0.356. The lowest BCUT2D eigenvalue weighted by molar-refractivity contribution is 0.935. The van der Waals surface area contributed by atoms with Crippen LogP contribution in [0.2, 0.25) is 5.15 Å². The fourth-order valence-electron chi connectivity index (χ4n) is 2.04. The van der Waals surface area contributed by atoms with E-state index in [1.807, 2.05) is 11.6 Å². The molecule has 0 fully saturated rings. The van der Waals surface area contributed by atoms with E-state index in [0.29, 0.717) is 9.86 Å². The van der Waals surface area contributed by atoms with Gasteiger partial charge in [-0.15, -0.1) is 11.8 Å². The lowest BCUT2D eigenvalue weighted by atomic mass is 10.3. The highest BCUT2D eigenvalue weighted by Gasteiger charge is 2.32.